The number of carbonyl (C=O) groups excluding carboxylic acids is 1. The SMILES string of the molecule is CCOC(=O)[C@H](Nc1ccc(OC)cc1)C1=CNC2C=CC=CC12. The molecule has 1 aromatic carbocycles. The van der Waals surface area contributed by atoms with Crippen molar-refractivity contribution in [2.24, 2.45) is 5.92 Å². The van der Waals surface area contributed by atoms with E-state index in [1.807, 2.05) is 49.5 Å². The van der Waals surface area contributed by atoms with Gasteiger partial charge in [-0.1, -0.05) is 24.3 Å². The van der Waals surface area contributed by atoms with E-state index in [0.717, 1.165) is 17.0 Å². The van der Waals surface area contributed by atoms with Gasteiger partial charge in [-0.15, -0.1) is 0 Å². The Kier molecular flexibility index (Phi) is 4.89. The third-order valence-electron chi connectivity index (χ3n) is 4.22. The number of ether oxygens (including phenoxy) is 2. The van der Waals surface area contributed by atoms with Crippen LogP contribution in [0, 0.1) is 5.92 Å². The van der Waals surface area contributed by atoms with Crippen molar-refractivity contribution in [2.45, 2.75) is 19.0 Å². The van der Waals surface area contributed by atoms with E-state index in [4.69, 9.17) is 9.47 Å². The van der Waals surface area contributed by atoms with Crippen molar-refractivity contribution in [3.8, 4) is 5.75 Å². The molecule has 1 aliphatic heterocycles. The summed E-state index contributed by atoms with van der Waals surface area (Å²) in [6.07, 6.45) is 10.2. The van der Waals surface area contributed by atoms with Gasteiger partial charge < -0.3 is 20.1 Å². The van der Waals surface area contributed by atoms with E-state index in [1.165, 1.54) is 0 Å². The third kappa shape index (κ3) is 3.30. The van der Waals surface area contributed by atoms with Crippen LogP contribution in [0.2, 0.25) is 0 Å². The number of nitrogens with one attached hydrogen (secondary N) is 2. The molecule has 5 nitrogen and oxygen atoms in total. The zero-order valence-corrected chi connectivity index (χ0v) is 13.9. The first-order valence-corrected chi connectivity index (χ1v) is 8.11. The number of fused-ring (bicyclic) bond motifs is 1. The molecule has 0 saturated carbocycles. The molecule has 2 aliphatic rings. The maximum atomic E-state index is 12.5. The highest BCUT2D eigenvalue weighted by Crippen LogP contribution is 2.30. The van der Waals surface area contributed by atoms with Gasteiger partial charge in [0.05, 0.1) is 19.8 Å². The lowest BCUT2D eigenvalue weighted by Gasteiger charge is -2.25. The number of carbonyl (C=O) groups is 1. The molecule has 2 N–H and O–H groups in total. The van der Waals surface area contributed by atoms with Crippen LogP contribution in [-0.2, 0) is 9.53 Å². The van der Waals surface area contributed by atoms with Gasteiger partial charge in [0.25, 0.3) is 0 Å². The van der Waals surface area contributed by atoms with E-state index >= 15 is 0 Å². The average molecular weight is 326 g/mol. The molecule has 0 amide bonds. The molecule has 0 spiro atoms. The maximum absolute atomic E-state index is 12.5. The molecule has 1 aliphatic carbocycles. The summed E-state index contributed by atoms with van der Waals surface area (Å²) in [5, 5.41) is 6.62. The van der Waals surface area contributed by atoms with Crippen molar-refractivity contribution in [3.05, 3.63) is 60.3 Å². The van der Waals surface area contributed by atoms with Crippen LogP contribution in [0.4, 0.5) is 5.69 Å². The fourth-order valence-electron chi connectivity index (χ4n) is 3.01. The van der Waals surface area contributed by atoms with E-state index < -0.39 is 6.04 Å². The molecule has 5 heteroatoms. The number of anilines is 1. The fourth-order valence-corrected chi connectivity index (χ4v) is 3.01. The van der Waals surface area contributed by atoms with Crippen molar-refractivity contribution in [2.75, 3.05) is 19.0 Å². The predicted molar refractivity (Wildman–Crippen MR) is 93.8 cm³/mol. The van der Waals surface area contributed by atoms with Crippen molar-refractivity contribution in [1.29, 1.82) is 0 Å². The normalized spacial score (nSPS) is 22.2. The molecule has 1 heterocycles. The standard InChI is InChI=1S/C19H22N2O3/c1-3-24-19(22)18(21-13-8-10-14(23-2)11-9-13)16-12-20-17-7-5-4-6-15(16)17/h4-12,15,17-18,20-21H,3H2,1-2H3/t15?,17?,18-/m1/s1. The number of hydrogen-bond acceptors (Lipinski definition) is 5. The Morgan fingerprint density at radius 2 is 2.00 bits per heavy atom. The van der Waals surface area contributed by atoms with Crippen molar-refractivity contribution < 1.29 is 14.3 Å². The molecule has 0 fully saturated rings. The van der Waals surface area contributed by atoms with Crippen molar-refractivity contribution in [3.63, 3.8) is 0 Å². The molecule has 0 saturated heterocycles. The van der Waals surface area contributed by atoms with Gasteiger partial charge in [-0.05, 0) is 43.0 Å². The number of esters is 1. The quantitative estimate of drug-likeness (QED) is 0.787. The summed E-state index contributed by atoms with van der Waals surface area (Å²) in [5.74, 6) is 0.649. The van der Waals surface area contributed by atoms with Crippen LogP contribution < -0.4 is 15.4 Å². The van der Waals surface area contributed by atoms with Crippen molar-refractivity contribution in [1.82, 2.24) is 5.32 Å². The zero-order chi connectivity index (χ0) is 16.9. The van der Waals surface area contributed by atoms with E-state index in [2.05, 4.69) is 22.8 Å². The lowest BCUT2D eigenvalue weighted by molar-refractivity contribution is -0.143. The molecule has 3 rings (SSSR count). The first kappa shape index (κ1) is 16.2. The second kappa shape index (κ2) is 7.25. The van der Waals surface area contributed by atoms with Crippen molar-refractivity contribution >= 4 is 11.7 Å². The molecular weight excluding hydrogens is 304 g/mol. The number of allylic oxidation sites excluding steroid dienone is 2. The minimum Gasteiger partial charge on any atom is -0.497 e. The summed E-state index contributed by atoms with van der Waals surface area (Å²) in [6, 6.07) is 7.16. The Morgan fingerprint density at radius 1 is 1.25 bits per heavy atom. The third-order valence-corrected chi connectivity index (χ3v) is 4.22. The second-order valence-electron chi connectivity index (χ2n) is 5.69. The van der Waals surface area contributed by atoms with E-state index in [1.54, 1.807) is 7.11 Å². The molecular formula is C19H22N2O3. The molecule has 2 unspecified atom stereocenters. The van der Waals surface area contributed by atoms with E-state index in [0.29, 0.717) is 6.61 Å². The molecule has 0 bridgehead atoms. The molecule has 24 heavy (non-hydrogen) atoms. The van der Waals surface area contributed by atoms with Crippen LogP contribution >= 0.6 is 0 Å². The lowest BCUT2D eigenvalue weighted by Crippen LogP contribution is -2.36. The fraction of sp³-hybridized carbons (Fsp3) is 0.316. The van der Waals surface area contributed by atoms with Crippen LogP contribution in [0.1, 0.15) is 6.92 Å². The zero-order valence-electron chi connectivity index (χ0n) is 13.9. The first-order valence-electron chi connectivity index (χ1n) is 8.11. The Hall–Kier alpha value is -2.69. The highest BCUT2D eigenvalue weighted by atomic mass is 16.5. The van der Waals surface area contributed by atoms with Gasteiger partial charge in [-0.2, -0.15) is 0 Å². The summed E-state index contributed by atoms with van der Waals surface area (Å²) in [5.41, 5.74) is 1.82. The molecule has 0 aromatic heterocycles. The van der Waals surface area contributed by atoms with Crippen LogP contribution in [0.3, 0.4) is 0 Å². The Balaban J connectivity index is 1.82. The topological polar surface area (TPSA) is 59.6 Å². The van der Waals surface area contributed by atoms with Gasteiger partial charge in [0.2, 0.25) is 0 Å². The van der Waals surface area contributed by atoms with Gasteiger partial charge in [-0.3, -0.25) is 0 Å². The summed E-state index contributed by atoms with van der Waals surface area (Å²) in [4.78, 5) is 12.5. The largest absolute Gasteiger partial charge is 0.497 e. The molecule has 126 valence electrons. The van der Waals surface area contributed by atoms with Gasteiger partial charge in [0.15, 0.2) is 0 Å². The van der Waals surface area contributed by atoms with Crippen LogP contribution in [0.5, 0.6) is 5.75 Å². The molecule has 0 radical (unpaired) electrons. The van der Waals surface area contributed by atoms with E-state index in [-0.39, 0.29) is 17.9 Å². The summed E-state index contributed by atoms with van der Waals surface area (Å²) in [6.45, 7) is 2.17. The van der Waals surface area contributed by atoms with Gasteiger partial charge in [-0.25, -0.2) is 4.79 Å². The predicted octanol–water partition coefficient (Wildman–Crippen LogP) is 2.64. The lowest BCUT2D eigenvalue weighted by atomic mass is 9.87. The second-order valence-corrected chi connectivity index (χ2v) is 5.69. The molecule has 3 atom stereocenters. The Morgan fingerprint density at radius 3 is 2.71 bits per heavy atom. The number of methoxy groups -OCH3 is 1. The summed E-state index contributed by atoms with van der Waals surface area (Å²) < 4.78 is 10.4. The summed E-state index contributed by atoms with van der Waals surface area (Å²) in [7, 11) is 1.63. The minimum absolute atomic E-state index is 0.148. The highest BCUT2D eigenvalue weighted by molar-refractivity contribution is 5.83. The van der Waals surface area contributed by atoms with Crippen LogP contribution in [-0.4, -0.2) is 31.8 Å². The first-order chi connectivity index (χ1) is 11.7. The maximum Gasteiger partial charge on any atom is 0.332 e. The van der Waals surface area contributed by atoms with Crippen LogP contribution in [0.25, 0.3) is 0 Å². The van der Waals surface area contributed by atoms with Crippen LogP contribution in [0.15, 0.2) is 60.3 Å². The number of rotatable bonds is 6. The smallest absolute Gasteiger partial charge is 0.332 e. The van der Waals surface area contributed by atoms with Gasteiger partial charge >= 0.3 is 5.97 Å². The average Bonchev–Trinajstić information content (AvgIpc) is 3.04. The highest BCUT2D eigenvalue weighted by Gasteiger charge is 2.36. The van der Waals surface area contributed by atoms with E-state index in [9.17, 15) is 4.79 Å². The van der Waals surface area contributed by atoms with Gasteiger partial charge in [0, 0.05) is 11.6 Å². The Bertz CT molecular complexity index is 676. The molecule has 1 aromatic rings. The number of hydrogen-bond donors (Lipinski definition) is 2. The van der Waals surface area contributed by atoms with Gasteiger partial charge in [0.1, 0.15) is 11.8 Å². The Labute approximate surface area is 142 Å². The number of benzene rings is 1. The monoisotopic (exact) mass is 326 g/mol. The summed E-state index contributed by atoms with van der Waals surface area (Å²) >= 11 is 0. The minimum atomic E-state index is -0.531.